The van der Waals surface area contributed by atoms with Crippen LogP contribution in [-0.4, -0.2) is 25.9 Å². The first-order valence-corrected chi connectivity index (χ1v) is 5.98. The number of aryl methyl sites for hydroxylation is 1. The quantitative estimate of drug-likeness (QED) is 0.850. The van der Waals surface area contributed by atoms with Crippen LogP contribution in [0.5, 0.6) is 0 Å². The lowest BCUT2D eigenvalue weighted by molar-refractivity contribution is 0.645. The number of rotatable bonds is 5. The first-order valence-electron chi connectivity index (χ1n) is 5.98. The second-order valence-electron chi connectivity index (χ2n) is 4.16. The van der Waals surface area contributed by atoms with Crippen molar-refractivity contribution in [3.8, 4) is 0 Å². The second-order valence-corrected chi connectivity index (χ2v) is 4.16. The van der Waals surface area contributed by atoms with Gasteiger partial charge in [-0.25, -0.2) is 14.5 Å². The topological polar surface area (TPSA) is 64.7 Å². The molecular weight excluding hydrogens is 230 g/mol. The molecule has 0 saturated carbocycles. The average molecular weight is 247 g/mol. The van der Waals surface area contributed by atoms with E-state index in [0.717, 1.165) is 24.3 Å². The fraction of sp³-hybridized carbons (Fsp3) is 0.417. The lowest BCUT2D eigenvalue weighted by Gasteiger charge is -2.04. The number of pyridine rings is 1. The van der Waals surface area contributed by atoms with E-state index in [0.29, 0.717) is 6.54 Å². The first-order chi connectivity index (χ1) is 8.70. The van der Waals surface area contributed by atoms with Gasteiger partial charge in [0.15, 0.2) is 0 Å². The fourth-order valence-corrected chi connectivity index (χ4v) is 1.58. The van der Waals surface area contributed by atoms with Crippen molar-refractivity contribution in [2.45, 2.75) is 19.9 Å². The normalized spacial score (nSPS) is 10.6. The predicted octanol–water partition coefficient (Wildman–Crippen LogP) is 0.847. The van der Waals surface area contributed by atoms with Crippen LogP contribution < -0.4 is 11.0 Å². The van der Waals surface area contributed by atoms with Crippen molar-refractivity contribution in [3.63, 3.8) is 0 Å². The summed E-state index contributed by atoms with van der Waals surface area (Å²) in [4.78, 5) is 15.9. The van der Waals surface area contributed by atoms with Crippen molar-refractivity contribution in [1.82, 2.24) is 19.3 Å². The SMILES string of the molecule is CCCNc1ccc(Cn2ncn(C)c2=O)cn1. The third-order valence-corrected chi connectivity index (χ3v) is 2.60. The van der Waals surface area contributed by atoms with Crippen molar-refractivity contribution in [1.29, 1.82) is 0 Å². The number of aromatic nitrogens is 4. The van der Waals surface area contributed by atoms with E-state index in [1.54, 1.807) is 13.2 Å². The highest BCUT2D eigenvalue weighted by Crippen LogP contribution is 2.05. The van der Waals surface area contributed by atoms with E-state index >= 15 is 0 Å². The molecule has 0 saturated heterocycles. The molecule has 0 aliphatic rings. The highest BCUT2D eigenvalue weighted by atomic mass is 16.2. The van der Waals surface area contributed by atoms with Crippen LogP contribution in [0.3, 0.4) is 0 Å². The molecule has 96 valence electrons. The second kappa shape index (κ2) is 5.48. The Balaban J connectivity index is 2.06. The van der Waals surface area contributed by atoms with E-state index in [4.69, 9.17) is 0 Å². The van der Waals surface area contributed by atoms with Crippen molar-refractivity contribution in [2.75, 3.05) is 11.9 Å². The molecule has 0 amide bonds. The van der Waals surface area contributed by atoms with E-state index in [2.05, 4.69) is 22.3 Å². The van der Waals surface area contributed by atoms with Crippen LogP contribution in [0, 0.1) is 0 Å². The van der Waals surface area contributed by atoms with Gasteiger partial charge in [-0.3, -0.25) is 4.57 Å². The molecule has 18 heavy (non-hydrogen) atoms. The lowest BCUT2D eigenvalue weighted by atomic mass is 10.3. The Morgan fingerprint density at radius 3 is 2.78 bits per heavy atom. The Bertz CT molecular complexity index is 555. The summed E-state index contributed by atoms with van der Waals surface area (Å²) >= 11 is 0. The fourth-order valence-electron chi connectivity index (χ4n) is 1.58. The van der Waals surface area contributed by atoms with Crippen LogP contribution in [0.4, 0.5) is 5.82 Å². The molecule has 0 aromatic carbocycles. The van der Waals surface area contributed by atoms with Gasteiger partial charge in [-0.1, -0.05) is 13.0 Å². The Morgan fingerprint density at radius 1 is 1.39 bits per heavy atom. The van der Waals surface area contributed by atoms with Crippen molar-refractivity contribution in [2.24, 2.45) is 7.05 Å². The molecule has 6 heteroatoms. The molecule has 2 heterocycles. The summed E-state index contributed by atoms with van der Waals surface area (Å²) in [5.41, 5.74) is 0.834. The molecule has 2 aromatic rings. The van der Waals surface area contributed by atoms with E-state index in [1.165, 1.54) is 15.6 Å². The van der Waals surface area contributed by atoms with Crippen LogP contribution in [-0.2, 0) is 13.6 Å². The molecule has 2 rings (SSSR count). The summed E-state index contributed by atoms with van der Waals surface area (Å²) in [7, 11) is 1.68. The summed E-state index contributed by atoms with van der Waals surface area (Å²) < 4.78 is 2.86. The van der Waals surface area contributed by atoms with Gasteiger partial charge in [-0.05, 0) is 18.1 Å². The Morgan fingerprint density at radius 2 is 2.22 bits per heavy atom. The Hall–Kier alpha value is -2.11. The van der Waals surface area contributed by atoms with E-state index in [9.17, 15) is 4.79 Å². The van der Waals surface area contributed by atoms with Gasteiger partial charge < -0.3 is 5.32 Å². The van der Waals surface area contributed by atoms with Crippen LogP contribution in [0.1, 0.15) is 18.9 Å². The highest BCUT2D eigenvalue weighted by molar-refractivity contribution is 5.35. The Kier molecular flexibility index (Phi) is 3.76. The van der Waals surface area contributed by atoms with Crippen LogP contribution >= 0.6 is 0 Å². The van der Waals surface area contributed by atoms with Gasteiger partial charge in [0.1, 0.15) is 12.1 Å². The molecule has 1 N–H and O–H groups in total. The van der Waals surface area contributed by atoms with Gasteiger partial charge in [0, 0.05) is 19.8 Å². The number of anilines is 1. The smallest absolute Gasteiger partial charge is 0.345 e. The monoisotopic (exact) mass is 247 g/mol. The van der Waals surface area contributed by atoms with E-state index in [-0.39, 0.29) is 5.69 Å². The molecule has 0 spiro atoms. The minimum atomic E-state index is -0.122. The summed E-state index contributed by atoms with van der Waals surface area (Å²) in [6, 6.07) is 3.87. The molecule has 0 aliphatic carbocycles. The minimum Gasteiger partial charge on any atom is -0.370 e. The van der Waals surface area contributed by atoms with E-state index in [1.807, 2.05) is 12.1 Å². The zero-order valence-electron chi connectivity index (χ0n) is 10.6. The molecule has 0 atom stereocenters. The molecule has 0 bridgehead atoms. The van der Waals surface area contributed by atoms with Gasteiger partial charge in [-0.15, -0.1) is 0 Å². The summed E-state index contributed by atoms with van der Waals surface area (Å²) in [6.45, 7) is 3.46. The zero-order chi connectivity index (χ0) is 13.0. The highest BCUT2D eigenvalue weighted by Gasteiger charge is 2.03. The van der Waals surface area contributed by atoms with E-state index < -0.39 is 0 Å². The predicted molar refractivity (Wildman–Crippen MR) is 69.6 cm³/mol. The molecule has 0 radical (unpaired) electrons. The average Bonchev–Trinajstić information content (AvgIpc) is 2.70. The standard InChI is InChI=1S/C12H17N5O/c1-3-6-13-11-5-4-10(7-14-11)8-17-12(18)16(2)9-15-17/h4-5,7,9H,3,6,8H2,1-2H3,(H,13,14). The summed E-state index contributed by atoms with van der Waals surface area (Å²) in [5.74, 6) is 0.856. The number of hydrogen-bond donors (Lipinski definition) is 1. The van der Waals surface area contributed by atoms with Gasteiger partial charge in [0.2, 0.25) is 0 Å². The molecule has 0 fully saturated rings. The zero-order valence-corrected chi connectivity index (χ0v) is 10.6. The molecule has 2 aromatic heterocycles. The van der Waals surface area contributed by atoms with Gasteiger partial charge in [-0.2, -0.15) is 5.10 Å². The molecular formula is C12H17N5O. The van der Waals surface area contributed by atoms with Crippen molar-refractivity contribution < 1.29 is 0 Å². The maximum Gasteiger partial charge on any atom is 0.345 e. The summed E-state index contributed by atoms with van der Waals surface area (Å²) in [6.07, 6.45) is 4.33. The number of nitrogens with one attached hydrogen (secondary N) is 1. The maximum atomic E-state index is 11.6. The summed E-state index contributed by atoms with van der Waals surface area (Å²) in [5, 5.41) is 7.21. The Labute approximate surface area is 105 Å². The third kappa shape index (κ3) is 2.77. The largest absolute Gasteiger partial charge is 0.370 e. The lowest BCUT2D eigenvalue weighted by Crippen LogP contribution is -2.23. The third-order valence-electron chi connectivity index (χ3n) is 2.60. The maximum absolute atomic E-state index is 11.6. The molecule has 0 aliphatic heterocycles. The first kappa shape index (κ1) is 12.3. The molecule has 6 nitrogen and oxygen atoms in total. The number of nitrogens with zero attached hydrogens (tertiary/aromatic N) is 4. The van der Waals surface area contributed by atoms with Gasteiger partial charge in [0.25, 0.3) is 0 Å². The van der Waals surface area contributed by atoms with Crippen LogP contribution in [0.2, 0.25) is 0 Å². The van der Waals surface area contributed by atoms with Gasteiger partial charge in [0.05, 0.1) is 6.54 Å². The molecule has 0 unspecified atom stereocenters. The van der Waals surface area contributed by atoms with Crippen molar-refractivity contribution >= 4 is 5.82 Å². The number of hydrogen-bond acceptors (Lipinski definition) is 4. The van der Waals surface area contributed by atoms with Crippen LogP contribution in [0.25, 0.3) is 0 Å². The minimum absolute atomic E-state index is 0.122. The van der Waals surface area contributed by atoms with Crippen LogP contribution in [0.15, 0.2) is 29.5 Å². The van der Waals surface area contributed by atoms with Gasteiger partial charge >= 0.3 is 5.69 Å². The van der Waals surface area contributed by atoms with Crippen molar-refractivity contribution in [3.05, 3.63) is 40.7 Å².